The van der Waals surface area contributed by atoms with Crippen molar-refractivity contribution in [2.24, 2.45) is 5.92 Å². The molecular formula is C25H46N2O8. The molecule has 0 radical (unpaired) electrons. The highest BCUT2D eigenvalue weighted by molar-refractivity contribution is 6.04. The number of nitrogens with one attached hydrogen (secondary N) is 1. The highest BCUT2D eigenvalue weighted by Crippen LogP contribution is 2.21. The molecule has 0 spiro atoms. The zero-order chi connectivity index (χ0) is 26.6. The number of likely N-dealkylation sites (tertiary alicyclic amines) is 1. The quantitative estimate of drug-likeness (QED) is 0.0668. The molecule has 35 heavy (non-hydrogen) atoms. The lowest BCUT2D eigenvalue weighted by molar-refractivity contribution is -0.139. The number of carbonyl (C=O) groups excluding carboxylic acids is 3. The van der Waals surface area contributed by atoms with E-state index in [2.05, 4.69) is 18.3 Å². The van der Waals surface area contributed by atoms with Gasteiger partial charge in [-0.15, -0.1) is 0 Å². The average molecular weight is 503 g/mol. The van der Waals surface area contributed by atoms with E-state index in [1.54, 1.807) is 0 Å². The number of nitrogens with zero attached hydrogens (tertiary/aromatic N) is 1. The van der Waals surface area contributed by atoms with E-state index in [4.69, 9.17) is 25.5 Å². The number of carbonyl (C=O) groups is 3. The van der Waals surface area contributed by atoms with Crippen molar-refractivity contribution in [2.75, 3.05) is 26.7 Å². The van der Waals surface area contributed by atoms with E-state index >= 15 is 0 Å². The fourth-order valence-corrected chi connectivity index (χ4v) is 3.59. The lowest BCUT2D eigenvalue weighted by Gasteiger charge is -2.22. The molecule has 1 heterocycles. The molecular weight excluding hydrogens is 456 g/mol. The first-order chi connectivity index (χ1) is 16.7. The van der Waals surface area contributed by atoms with Crippen molar-refractivity contribution < 1.29 is 39.9 Å². The first-order valence-corrected chi connectivity index (χ1v) is 12.7. The van der Waals surface area contributed by atoms with Gasteiger partial charge in [0.25, 0.3) is 0 Å². The second-order valence-corrected chi connectivity index (χ2v) is 8.85. The molecule has 1 rings (SSSR count). The number of rotatable bonds is 18. The highest BCUT2D eigenvalue weighted by atomic mass is 16.4. The molecule has 1 aliphatic heterocycles. The zero-order valence-electron chi connectivity index (χ0n) is 21.2. The third-order valence-electron chi connectivity index (χ3n) is 5.88. The van der Waals surface area contributed by atoms with Gasteiger partial charge in [0, 0.05) is 19.5 Å². The van der Waals surface area contributed by atoms with Crippen molar-refractivity contribution >= 4 is 18.1 Å². The van der Waals surface area contributed by atoms with Gasteiger partial charge >= 0.3 is 0 Å². The minimum absolute atomic E-state index is 0.0258. The van der Waals surface area contributed by atoms with E-state index < -0.39 is 31.0 Å². The second kappa shape index (κ2) is 20.5. The second-order valence-electron chi connectivity index (χ2n) is 8.85. The van der Waals surface area contributed by atoms with E-state index in [0.717, 1.165) is 6.42 Å². The van der Waals surface area contributed by atoms with Crippen LogP contribution >= 0.6 is 0 Å². The van der Waals surface area contributed by atoms with Gasteiger partial charge in [0.1, 0.15) is 24.4 Å². The molecule has 204 valence electrons. The highest BCUT2D eigenvalue weighted by Gasteiger charge is 2.36. The lowest BCUT2D eigenvalue weighted by Crippen LogP contribution is -2.46. The summed E-state index contributed by atoms with van der Waals surface area (Å²) in [6.45, 7) is 2.63. The van der Waals surface area contributed by atoms with E-state index in [1.807, 2.05) is 13.1 Å². The number of hydrogen-bond acceptors (Lipinski definition) is 9. The van der Waals surface area contributed by atoms with Gasteiger partial charge in [-0.1, -0.05) is 64.0 Å². The van der Waals surface area contributed by atoms with Gasteiger partial charge in [0.05, 0.1) is 12.5 Å². The fraction of sp³-hybridized carbons (Fsp3) is 0.800. The average Bonchev–Trinajstić information content (AvgIpc) is 3.14. The summed E-state index contributed by atoms with van der Waals surface area (Å²) in [6, 6.07) is 0. The molecule has 0 saturated carbocycles. The van der Waals surface area contributed by atoms with Crippen LogP contribution in [0.5, 0.6) is 0 Å². The zero-order valence-corrected chi connectivity index (χ0v) is 21.2. The number of allylic oxidation sites excluding steroid dienone is 1. The number of unbranched alkanes of at least 4 members (excludes halogenated alkanes) is 8. The van der Waals surface area contributed by atoms with Crippen molar-refractivity contribution in [3.8, 4) is 0 Å². The Morgan fingerprint density at radius 1 is 1.00 bits per heavy atom. The number of amides is 2. The van der Waals surface area contributed by atoms with Crippen molar-refractivity contribution in [3.05, 3.63) is 12.2 Å². The molecule has 0 aromatic carbocycles. The maximum Gasteiger partial charge on any atom is 0.236 e. The summed E-state index contributed by atoms with van der Waals surface area (Å²) >= 11 is 0. The normalized spacial score (nSPS) is 19.4. The molecule has 2 amide bonds. The molecule has 1 fully saturated rings. The fourth-order valence-electron chi connectivity index (χ4n) is 3.59. The first-order valence-electron chi connectivity index (χ1n) is 12.7. The summed E-state index contributed by atoms with van der Waals surface area (Å²) in [4.78, 5) is 35.3. The van der Waals surface area contributed by atoms with Crippen LogP contribution in [0.25, 0.3) is 0 Å². The van der Waals surface area contributed by atoms with Crippen molar-refractivity contribution in [3.63, 3.8) is 0 Å². The molecule has 0 bridgehead atoms. The van der Waals surface area contributed by atoms with Crippen LogP contribution in [0.4, 0.5) is 0 Å². The molecule has 1 saturated heterocycles. The summed E-state index contributed by atoms with van der Waals surface area (Å²) < 4.78 is 0. The van der Waals surface area contributed by atoms with Crippen LogP contribution in [0.2, 0.25) is 0 Å². The molecule has 6 N–H and O–H groups in total. The predicted molar refractivity (Wildman–Crippen MR) is 132 cm³/mol. The largest absolute Gasteiger partial charge is 0.394 e. The van der Waals surface area contributed by atoms with Gasteiger partial charge in [0.15, 0.2) is 6.29 Å². The summed E-state index contributed by atoms with van der Waals surface area (Å²) in [5, 5.41) is 46.5. The topological polar surface area (TPSA) is 168 Å². The number of aliphatic hydroxyl groups is 5. The van der Waals surface area contributed by atoms with E-state index in [0.29, 0.717) is 19.5 Å². The van der Waals surface area contributed by atoms with Gasteiger partial charge in [0.2, 0.25) is 11.8 Å². The van der Waals surface area contributed by atoms with Crippen LogP contribution in [0.1, 0.15) is 71.1 Å². The molecule has 0 aromatic heterocycles. The van der Waals surface area contributed by atoms with Crippen molar-refractivity contribution in [1.82, 2.24) is 10.2 Å². The van der Waals surface area contributed by atoms with Crippen LogP contribution in [-0.2, 0) is 14.4 Å². The summed E-state index contributed by atoms with van der Waals surface area (Å²) in [7, 11) is 1.83. The predicted octanol–water partition coefficient (Wildman–Crippen LogP) is 0.289. The lowest BCUT2D eigenvalue weighted by atomic mass is 10.0. The van der Waals surface area contributed by atoms with E-state index in [1.165, 1.54) is 56.3 Å². The maximum absolute atomic E-state index is 12.1. The summed E-state index contributed by atoms with van der Waals surface area (Å²) in [5.74, 6) is -0.294. The third-order valence-corrected chi connectivity index (χ3v) is 5.88. The number of aldehydes is 1. The Hall–Kier alpha value is -1.69. The maximum atomic E-state index is 12.1. The monoisotopic (exact) mass is 502 g/mol. The Balaban J connectivity index is 0.000000814. The van der Waals surface area contributed by atoms with Crippen LogP contribution < -0.4 is 5.32 Å². The van der Waals surface area contributed by atoms with Crippen LogP contribution in [-0.4, -0.2) is 99.7 Å². The smallest absolute Gasteiger partial charge is 0.236 e. The Bertz CT molecular complexity index is 616. The van der Waals surface area contributed by atoms with Gasteiger partial charge in [-0.25, -0.2) is 0 Å². The standard InChI is InChI=1S/C19H34N2O2.C6H12O6/c1-3-4-5-6-7-8-9-10-11-12-13-17-16-18(22)21(19(17)23)15-14-20-2;7-1-3(9)5(11)6(12)4(10)2-8/h12-13,17,20H,3-11,14-16H2,1-2H3;1,3-6,8-12H,2H2/b13-12+;. The minimum Gasteiger partial charge on any atom is -0.394 e. The SMILES string of the molecule is CCCCCCCCCC/C=C/C1CC(=O)N(CCNC)C1=O.O=CC(O)C(O)C(O)C(O)CO. The number of aliphatic hydroxyl groups excluding tert-OH is 5. The summed E-state index contributed by atoms with van der Waals surface area (Å²) in [6.07, 6.45) is 9.08. The molecule has 0 aromatic rings. The Morgan fingerprint density at radius 2 is 1.60 bits per heavy atom. The van der Waals surface area contributed by atoms with Gasteiger partial charge in [-0.3, -0.25) is 14.5 Å². The molecule has 5 unspecified atom stereocenters. The van der Waals surface area contributed by atoms with Gasteiger partial charge in [-0.2, -0.15) is 0 Å². The van der Waals surface area contributed by atoms with E-state index in [9.17, 15) is 14.4 Å². The van der Waals surface area contributed by atoms with Crippen molar-refractivity contribution in [1.29, 1.82) is 0 Å². The van der Waals surface area contributed by atoms with Crippen LogP contribution in [0.3, 0.4) is 0 Å². The number of likely N-dealkylation sites (N-methyl/N-ethyl adjacent to an activating group) is 1. The third kappa shape index (κ3) is 13.8. The Kier molecular flexibility index (Phi) is 19.5. The minimum atomic E-state index is -1.79. The molecule has 1 aliphatic rings. The summed E-state index contributed by atoms with van der Waals surface area (Å²) in [5.41, 5.74) is 0. The van der Waals surface area contributed by atoms with Crippen LogP contribution in [0.15, 0.2) is 12.2 Å². The molecule has 5 atom stereocenters. The molecule has 10 nitrogen and oxygen atoms in total. The van der Waals surface area contributed by atoms with Gasteiger partial charge < -0.3 is 35.6 Å². The number of imide groups is 1. The Labute approximate surface area is 209 Å². The number of hydrogen-bond donors (Lipinski definition) is 6. The van der Waals surface area contributed by atoms with Crippen molar-refractivity contribution in [2.45, 2.75) is 95.5 Å². The molecule has 0 aliphatic carbocycles. The van der Waals surface area contributed by atoms with Crippen LogP contribution in [0, 0.1) is 5.92 Å². The first kappa shape index (κ1) is 33.3. The molecule has 10 heteroatoms. The van der Waals surface area contributed by atoms with Gasteiger partial charge in [-0.05, 0) is 19.9 Å². The van der Waals surface area contributed by atoms with E-state index in [-0.39, 0.29) is 24.0 Å². The Morgan fingerprint density at radius 3 is 2.14 bits per heavy atom.